The van der Waals surface area contributed by atoms with Crippen molar-refractivity contribution >= 4 is 33.5 Å². The van der Waals surface area contributed by atoms with E-state index in [1.165, 1.54) is 19.1 Å². The first-order valence-electron chi connectivity index (χ1n) is 9.23. The van der Waals surface area contributed by atoms with Gasteiger partial charge in [-0.05, 0) is 36.6 Å². The molecule has 0 aliphatic heterocycles. The highest BCUT2D eigenvalue weighted by molar-refractivity contribution is 8.00. The first-order valence-corrected chi connectivity index (χ1v) is 11.9. The number of ketones is 1. The zero-order valence-electron chi connectivity index (χ0n) is 17.8. The Kier molecular flexibility index (Phi) is 7.66. The summed E-state index contributed by atoms with van der Waals surface area (Å²) in [6.45, 7) is 3.29. The molecule has 0 aliphatic carbocycles. The van der Waals surface area contributed by atoms with Gasteiger partial charge in [0, 0.05) is 14.1 Å². The average molecular weight is 459 g/mol. The maximum absolute atomic E-state index is 12.4. The number of Topliss-reactive ketones (excluding diaryl/α,β-unsaturated/α-hetero) is 1. The Morgan fingerprint density at radius 1 is 1.19 bits per heavy atom. The zero-order chi connectivity index (χ0) is 23.3. The zero-order valence-corrected chi connectivity index (χ0v) is 19.5. The standard InChI is InChI=1S/C21H22N4O4S2/c1-6-16-17(11-22)20(25(3)4)24-21(18(16)12-23)30-19(13(2)26)14-7-9-15(10-8-14)29-31(5,27)28/h7-10,19H,6H2,1-5H3/t19-/m0/s1. The van der Waals surface area contributed by atoms with Crippen LogP contribution in [0.25, 0.3) is 0 Å². The molecular weight excluding hydrogens is 436 g/mol. The van der Waals surface area contributed by atoms with E-state index in [1.807, 2.05) is 6.92 Å². The number of benzene rings is 1. The largest absolute Gasteiger partial charge is 0.383 e. The summed E-state index contributed by atoms with van der Waals surface area (Å²) in [5.74, 6) is 0.400. The van der Waals surface area contributed by atoms with Crippen molar-refractivity contribution in [2.24, 2.45) is 0 Å². The molecule has 0 N–H and O–H groups in total. The smallest absolute Gasteiger partial charge is 0.306 e. The average Bonchev–Trinajstić information content (AvgIpc) is 2.69. The minimum atomic E-state index is -3.66. The lowest BCUT2D eigenvalue weighted by atomic mass is 10.0. The van der Waals surface area contributed by atoms with Crippen molar-refractivity contribution in [2.75, 3.05) is 25.3 Å². The Morgan fingerprint density at radius 3 is 2.19 bits per heavy atom. The van der Waals surface area contributed by atoms with E-state index in [9.17, 15) is 23.7 Å². The van der Waals surface area contributed by atoms with Gasteiger partial charge in [-0.3, -0.25) is 4.79 Å². The van der Waals surface area contributed by atoms with Crippen LogP contribution in [-0.4, -0.2) is 39.5 Å². The number of aromatic nitrogens is 1. The number of carbonyl (C=O) groups excluding carboxylic acids is 1. The maximum atomic E-state index is 12.4. The minimum Gasteiger partial charge on any atom is -0.383 e. The normalized spacial score (nSPS) is 11.8. The summed E-state index contributed by atoms with van der Waals surface area (Å²) in [5, 5.41) is 19.0. The fourth-order valence-corrected chi connectivity index (χ4v) is 4.53. The second kappa shape index (κ2) is 9.82. The Morgan fingerprint density at radius 2 is 1.77 bits per heavy atom. The van der Waals surface area contributed by atoms with Crippen LogP contribution >= 0.6 is 11.8 Å². The van der Waals surface area contributed by atoms with Gasteiger partial charge in [0.05, 0.1) is 22.6 Å². The number of thioether (sulfide) groups is 1. The van der Waals surface area contributed by atoms with Crippen LogP contribution in [0.1, 0.15) is 41.4 Å². The first kappa shape index (κ1) is 24.2. The van der Waals surface area contributed by atoms with Crippen molar-refractivity contribution in [2.45, 2.75) is 30.5 Å². The summed E-state index contributed by atoms with van der Waals surface area (Å²) in [6.07, 6.45) is 1.41. The lowest BCUT2D eigenvalue weighted by molar-refractivity contribution is -0.116. The molecule has 0 saturated carbocycles. The van der Waals surface area contributed by atoms with Gasteiger partial charge in [0.15, 0.2) is 0 Å². The summed E-state index contributed by atoms with van der Waals surface area (Å²) in [4.78, 5) is 18.7. The van der Waals surface area contributed by atoms with Crippen LogP contribution in [0.4, 0.5) is 5.82 Å². The van der Waals surface area contributed by atoms with Crippen LogP contribution in [0.5, 0.6) is 5.75 Å². The molecule has 0 aliphatic rings. The van der Waals surface area contributed by atoms with Crippen LogP contribution in [0.3, 0.4) is 0 Å². The number of carbonyl (C=O) groups is 1. The predicted molar refractivity (Wildman–Crippen MR) is 119 cm³/mol. The lowest BCUT2D eigenvalue weighted by Crippen LogP contribution is -2.16. The Balaban J connectivity index is 2.55. The molecule has 1 aromatic carbocycles. The van der Waals surface area contributed by atoms with Crippen molar-refractivity contribution < 1.29 is 17.4 Å². The van der Waals surface area contributed by atoms with Crippen LogP contribution in [0, 0.1) is 22.7 Å². The van der Waals surface area contributed by atoms with Crippen molar-refractivity contribution in [3.63, 3.8) is 0 Å². The third-order valence-electron chi connectivity index (χ3n) is 4.28. The third-order valence-corrected chi connectivity index (χ3v) is 6.13. The maximum Gasteiger partial charge on any atom is 0.306 e. The van der Waals surface area contributed by atoms with Crippen molar-refractivity contribution in [3.05, 3.63) is 46.5 Å². The summed E-state index contributed by atoms with van der Waals surface area (Å²) in [6, 6.07) is 10.4. The molecule has 0 bridgehead atoms. The molecule has 0 saturated heterocycles. The number of pyridine rings is 1. The Bertz CT molecular complexity index is 1180. The van der Waals surface area contributed by atoms with E-state index in [0.29, 0.717) is 34.0 Å². The molecule has 0 spiro atoms. The van der Waals surface area contributed by atoms with Gasteiger partial charge in [0.2, 0.25) is 0 Å². The number of hydrogen-bond donors (Lipinski definition) is 0. The summed E-state index contributed by atoms with van der Waals surface area (Å²) >= 11 is 1.12. The van der Waals surface area contributed by atoms with E-state index in [0.717, 1.165) is 18.0 Å². The third kappa shape index (κ3) is 5.75. The molecule has 0 fully saturated rings. The Hall–Kier alpha value is -3.08. The summed E-state index contributed by atoms with van der Waals surface area (Å²) < 4.78 is 27.4. The van der Waals surface area contributed by atoms with Gasteiger partial charge in [-0.2, -0.15) is 18.9 Å². The summed E-state index contributed by atoms with van der Waals surface area (Å²) in [7, 11) is -0.149. The van der Waals surface area contributed by atoms with Gasteiger partial charge in [-0.25, -0.2) is 4.98 Å². The highest BCUT2D eigenvalue weighted by Gasteiger charge is 2.25. The first-order chi connectivity index (χ1) is 14.5. The van der Waals surface area contributed by atoms with E-state index in [4.69, 9.17) is 4.18 Å². The molecule has 0 radical (unpaired) electrons. The molecule has 2 rings (SSSR count). The molecule has 10 heteroatoms. The van der Waals surface area contributed by atoms with E-state index in [2.05, 4.69) is 17.1 Å². The SMILES string of the molecule is CCc1c(C#N)c(S[C@@H](C(C)=O)c2ccc(OS(C)(=O)=O)cc2)nc(N(C)C)c1C#N. The van der Waals surface area contributed by atoms with Gasteiger partial charge in [-0.1, -0.05) is 30.8 Å². The highest BCUT2D eigenvalue weighted by Crippen LogP contribution is 2.40. The monoisotopic (exact) mass is 458 g/mol. The molecule has 2 aromatic rings. The molecule has 0 unspecified atom stereocenters. The second-order valence-corrected chi connectivity index (χ2v) is 9.57. The molecule has 1 aromatic heterocycles. The molecular formula is C21H22N4O4S2. The van der Waals surface area contributed by atoms with Gasteiger partial charge in [-0.15, -0.1) is 0 Å². The quantitative estimate of drug-likeness (QED) is 0.433. The van der Waals surface area contributed by atoms with Crippen LogP contribution < -0.4 is 9.08 Å². The number of hydrogen-bond acceptors (Lipinski definition) is 9. The molecule has 31 heavy (non-hydrogen) atoms. The fraction of sp³-hybridized carbons (Fsp3) is 0.333. The van der Waals surface area contributed by atoms with E-state index >= 15 is 0 Å². The Labute approximate surface area is 186 Å². The van der Waals surface area contributed by atoms with Crippen molar-refractivity contribution in [3.8, 4) is 17.9 Å². The number of nitriles is 2. The van der Waals surface area contributed by atoms with Crippen LogP contribution in [0.15, 0.2) is 29.3 Å². The lowest BCUT2D eigenvalue weighted by Gasteiger charge is -2.20. The molecule has 1 atom stereocenters. The second-order valence-electron chi connectivity index (χ2n) is 6.91. The van der Waals surface area contributed by atoms with E-state index in [1.54, 1.807) is 31.1 Å². The van der Waals surface area contributed by atoms with Gasteiger partial charge in [0.1, 0.15) is 34.5 Å². The predicted octanol–water partition coefficient (Wildman–Crippen LogP) is 3.21. The van der Waals surface area contributed by atoms with E-state index < -0.39 is 15.4 Å². The van der Waals surface area contributed by atoms with E-state index in [-0.39, 0.29) is 17.1 Å². The summed E-state index contributed by atoms with van der Waals surface area (Å²) in [5.41, 5.74) is 1.82. The van der Waals surface area contributed by atoms with Gasteiger partial charge < -0.3 is 9.08 Å². The van der Waals surface area contributed by atoms with Crippen molar-refractivity contribution in [1.82, 2.24) is 4.98 Å². The fourth-order valence-electron chi connectivity index (χ4n) is 2.96. The van der Waals surface area contributed by atoms with Gasteiger partial charge in [0.25, 0.3) is 0 Å². The minimum absolute atomic E-state index is 0.135. The highest BCUT2D eigenvalue weighted by atomic mass is 32.2. The van der Waals surface area contributed by atoms with Crippen molar-refractivity contribution in [1.29, 1.82) is 10.5 Å². The number of nitrogens with zero attached hydrogens (tertiary/aromatic N) is 4. The number of anilines is 1. The van der Waals surface area contributed by atoms with Crippen LogP contribution in [-0.2, 0) is 21.3 Å². The molecule has 8 nitrogen and oxygen atoms in total. The topological polar surface area (TPSA) is 124 Å². The number of rotatable bonds is 8. The van der Waals surface area contributed by atoms with Crippen LogP contribution in [0.2, 0.25) is 0 Å². The molecule has 162 valence electrons. The molecule has 1 heterocycles. The molecule has 0 amide bonds. The van der Waals surface area contributed by atoms with Gasteiger partial charge >= 0.3 is 10.1 Å².